The number of pyridine rings is 1. The van der Waals surface area contributed by atoms with Gasteiger partial charge in [0.2, 0.25) is 5.91 Å². The molecule has 1 aromatic heterocycles. The maximum Gasteiger partial charge on any atom is 0.395 e. The third kappa shape index (κ3) is 5.37. The Bertz CT molecular complexity index is 1210. The molecule has 2 heterocycles. The van der Waals surface area contributed by atoms with Gasteiger partial charge in [0.15, 0.2) is 5.82 Å². The standard InChI is InChI=1S/C26H29ClF4N4O2S/c1-32-23(37)17-5-4-16(21(27)22(17)28)12-19-25(38-19,35(2)3)14-34-20(36)13-18(15-6-10-33-11-7-15)24(8-9-24)26(29,30)31/h4-7,10-11,18-19H,8-9,12-14H2,1-3H3,(H,32,37)(H,34,36)/t18-,19?,25+/m0/s1. The fourth-order valence-electron chi connectivity index (χ4n) is 5.05. The molecule has 206 valence electrons. The van der Waals surface area contributed by atoms with E-state index in [0.29, 0.717) is 17.5 Å². The summed E-state index contributed by atoms with van der Waals surface area (Å²) in [5.41, 5.74) is -1.07. The Morgan fingerprint density at radius 2 is 1.87 bits per heavy atom. The first-order valence-electron chi connectivity index (χ1n) is 12.1. The number of amides is 2. The van der Waals surface area contributed by atoms with Crippen molar-refractivity contribution in [3.63, 3.8) is 0 Å². The van der Waals surface area contributed by atoms with Crippen molar-refractivity contribution in [3.8, 4) is 0 Å². The first kappa shape index (κ1) is 28.6. The second-order valence-corrected chi connectivity index (χ2v) is 11.9. The molecular weight excluding hydrogens is 544 g/mol. The number of benzene rings is 1. The van der Waals surface area contributed by atoms with Crippen molar-refractivity contribution in [2.24, 2.45) is 5.41 Å². The number of hydrogen-bond acceptors (Lipinski definition) is 5. The molecule has 6 nitrogen and oxygen atoms in total. The van der Waals surface area contributed by atoms with Gasteiger partial charge in [0.05, 0.1) is 20.9 Å². The zero-order valence-electron chi connectivity index (χ0n) is 21.2. The minimum absolute atomic E-state index is 0.00758. The summed E-state index contributed by atoms with van der Waals surface area (Å²) < 4.78 is 56.6. The number of aromatic nitrogens is 1. The van der Waals surface area contributed by atoms with E-state index < -0.39 is 40.0 Å². The number of thioether (sulfide) groups is 1. The van der Waals surface area contributed by atoms with Gasteiger partial charge in [0, 0.05) is 43.6 Å². The number of hydrogen-bond donors (Lipinski definition) is 2. The molecule has 0 spiro atoms. The van der Waals surface area contributed by atoms with Gasteiger partial charge in [-0.1, -0.05) is 17.7 Å². The van der Waals surface area contributed by atoms with Crippen molar-refractivity contribution in [1.29, 1.82) is 0 Å². The Morgan fingerprint density at radius 1 is 1.21 bits per heavy atom. The van der Waals surface area contributed by atoms with E-state index in [9.17, 15) is 27.2 Å². The Kier molecular flexibility index (Phi) is 8.03. The number of halogens is 5. The third-order valence-corrected chi connectivity index (χ3v) is 9.84. The van der Waals surface area contributed by atoms with Gasteiger partial charge >= 0.3 is 6.18 Å². The summed E-state index contributed by atoms with van der Waals surface area (Å²) in [5, 5.41) is 5.03. The average molecular weight is 573 g/mol. The second kappa shape index (κ2) is 10.7. The summed E-state index contributed by atoms with van der Waals surface area (Å²) >= 11 is 7.79. The molecule has 1 aliphatic carbocycles. The quantitative estimate of drug-likeness (QED) is 0.317. The van der Waals surface area contributed by atoms with Crippen LogP contribution in [0.5, 0.6) is 0 Å². The van der Waals surface area contributed by atoms with Gasteiger partial charge in [-0.2, -0.15) is 13.2 Å². The molecule has 1 aliphatic heterocycles. The number of alkyl halides is 3. The lowest BCUT2D eigenvalue weighted by atomic mass is 9.80. The largest absolute Gasteiger partial charge is 0.395 e. The highest BCUT2D eigenvalue weighted by Crippen LogP contribution is 2.66. The van der Waals surface area contributed by atoms with Crippen LogP contribution in [0.4, 0.5) is 17.6 Å². The van der Waals surface area contributed by atoms with E-state index in [1.165, 1.54) is 37.6 Å². The van der Waals surface area contributed by atoms with Gasteiger partial charge in [-0.15, -0.1) is 11.8 Å². The summed E-state index contributed by atoms with van der Waals surface area (Å²) in [7, 11) is 5.09. The summed E-state index contributed by atoms with van der Waals surface area (Å²) in [6.45, 7) is 0.201. The van der Waals surface area contributed by atoms with Gasteiger partial charge in [0.25, 0.3) is 5.91 Å². The van der Waals surface area contributed by atoms with Crippen molar-refractivity contribution in [2.45, 2.75) is 47.9 Å². The summed E-state index contributed by atoms with van der Waals surface area (Å²) in [4.78, 5) is 30.1. The van der Waals surface area contributed by atoms with Crippen molar-refractivity contribution in [2.75, 3.05) is 27.7 Å². The van der Waals surface area contributed by atoms with E-state index in [2.05, 4.69) is 15.6 Å². The van der Waals surface area contributed by atoms with Gasteiger partial charge < -0.3 is 10.6 Å². The number of rotatable bonds is 10. The lowest BCUT2D eigenvalue weighted by molar-refractivity contribution is -0.194. The Morgan fingerprint density at radius 3 is 2.42 bits per heavy atom. The monoisotopic (exact) mass is 572 g/mol. The third-order valence-electron chi connectivity index (χ3n) is 7.65. The minimum Gasteiger partial charge on any atom is -0.355 e. The zero-order chi connectivity index (χ0) is 27.9. The zero-order valence-corrected chi connectivity index (χ0v) is 22.7. The van der Waals surface area contributed by atoms with Crippen LogP contribution in [-0.4, -0.2) is 65.7 Å². The summed E-state index contributed by atoms with van der Waals surface area (Å²) in [6, 6.07) is 6.07. The molecule has 12 heteroatoms. The molecule has 2 fully saturated rings. The lowest BCUT2D eigenvalue weighted by Crippen LogP contribution is -2.45. The van der Waals surface area contributed by atoms with Crippen LogP contribution in [0.15, 0.2) is 36.7 Å². The molecule has 2 aromatic rings. The molecule has 38 heavy (non-hydrogen) atoms. The highest BCUT2D eigenvalue weighted by molar-refractivity contribution is 8.08. The molecule has 0 bridgehead atoms. The van der Waals surface area contributed by atoms with Crippen LogP contribution >= 0.6 is 23.4 Å². The molecule has 2 N–H and O–H groups in total. The number of carbonyl (C=O) groups is 2. The molecule has 4 rings (SSSR count). The van der Waals surface area contributed by atoms with E-state index in [1.807, 2.05) is 19.0 Å². The van der Waals surface area contributed by atoms with Gasteiger partial charge in [-0.05, 0) is 62.7 Å². The maximum absolute atomic E-state index is 14.7. The van der Waals surface area contributed by atoms with E-state index in [1.54, 1.807) is 17.8 Å². The number of carbonyl (C=O) groups excluding carboxylic acids is 2. The predicted molar refractivity (Wildman–Crippen MR) is 139 cm³/mol. The van der Waals surface area contributed by atoms with Crippen LogP contribution in [0.3, 0.4) is 0 Å². The van der Waals surface area contributed by atoms with Crippen LogP contribution in [0.2, 0.25) is 5.02 Å². The molecule has 3 atom stereocenters. The first-order valence-corrected chi connectivity index (χ1v) is 13.4. The van der Waals surface area contributed by atoms with Gasteiger partial charge in [-0.3, -0.25) is 19.5 Å². The van der Waals surface area contributed by atoms with Crippen LogP contribution in [0.1, 0.15) is 46.7 Å². The Hall–Kier alpha value is -2.37. The highest BCUT2D eigenvalue weighted by Gasteiger charge is 2.67. The number of nitrogens with one attached hydrogen (secondary N) is 2. The predicted octanol–water partition coefficient (Wildman–Crippen LogP) is 4.78. The molecular formula is C26H29ClF4N4O2S. The van der Waals surface area contributed by atoms with Crippen LogP contribution in [0.25, 0.3) is 0 Å². The molecule has 2 amide bonds. The highest BCUT2D eigenvalue weighted by atomic mass is 35.5. The van der Waals surface area contributed by atoms with Crippen LogP contribution < -0.4 is 10.6 Å². The van der Waals surface area contributed by atoms with Crippen LogP contribution in [0, 0.1) is 11.2 Å². The van der Waals surface area contributed by atoms with Gasteiger partial charge in [0.1, 0.15) is 0 Å². The van der Waals surface area contributed by atoms with Crippen molar-refractivity contribution in [1.82, 2.24) is 20.5 Å². The van der Waals surface area contributed by atoms with Crippen molar-refractivity contribution in [3.05, 3.63) is 64.2 Å². The van der Waals surface area contributed by atoms with E-state index >= 15 is 0 Å². The Labute approximate surface area is 227 Å². The van der Waals surface area contributed by atoms with Gasteiger partial charge in [-0.25, -0.2) is 4.39 Å². The van der Waals surface area contributed by atoms with E-state index in [-0.39, 0.29) is 41.6 Å². The normalized spacial score (nSPS) is 22.6. The second-order valence-electron chi connectivity index (χ2n) is 10.00. The molecule has 2 aliphatic rings. The number of likely N-dealkylation sites (N-methyl/N-ethyl adjacent to an activating group) is 1. The molecule has 1 saturated carbocycles. The molecule has 0 radical (unpaired) electrons. The summed E-state index contributed by atoms with van der Waals surface area (Å²) in [5.74, 6) is -2.83. The summed E-state index contributed by atoms with van der Waals surface area (Å²) in [6.07, 6.45) is -1.45. The van der Waals surface area contributed by atoms with E-state index in [4.69, 9.17) is 11.6 Å². The SMILES string of the molecule is CNC(=O)c1ccc(CC2S[C@@]2(CNC(=O)C[C@@H](c2ccncc2)C2(C(F)(F)F)CC2)N(C)C)c(Cl)c1F. The minimum atomic E-state index is -4.41. The van der Waals surface area contributed by atoms with Crippen LogP contribution in [-0.2, 0) is 11.2 Å². The fourth-order valence-corrected chi connectivity index (χ4v) is 6.73. The first-order chi connectivity index (χ1) is 17.9. The maximum atomic E-state index is 14.7. The molecule has 1 saturated heterocycles. The van der Waals surface area contributed by atoms with Crippen molar-refractivity contribution >= 4 is 35.2 Å². The number of nitrogens with zero attached hydrogens (tertiary/aromatic N) is 2. The molecule has 1 unspecified atom stereocenters. The lowest BCUT2D eigenvalue weighted by Gasteiger charge is -2.30. The fraction of sp³-hybridized carbons (Fsp3) is 0.500. The Balaban J connectivity index is 1.44. The van der Waals surface area contributed by atoms with Crippen molar-refractivity contribution < 1.29 is 27.2 Å². The van der Waals surface area contributed by atoms with E-state index in [0.717, 1.165) is 0 Å². The topological polar surface area (TPSA) is 74.3 Å². The average Bonchev–Trinajstić information content (AvgIpc) is 3.79. The smallest absolute Gasteiger partial charge is 0.355 e. The molecule has 1 aromatic carbocycles.